The molecule has 1 heterocycles. The lowest BCUT2D eigenvalue weighted by Crippen LogP contribution is -2.05. The first-order valence-corrected chi connectivity index (χ1v) is 5.41. The van der Waals surface area contributed by atoms with E-state index in [0.717, 1.165) is 12.1 Å². The molecule has 6 heteroatoms. The van der Waals surface area contributed by atoms with Crippen LogP contribution < -0.4 is 0 Å². The van der Waals surface area contributed by atoms with Gasteiger partial charge in [0.05, 0.1) is 11.8 Å². The fraction of sp³-hybridized carbons (Fsp3) is 0.100. The fourth-order valence-electron chi connectivity index (χ4n) is 1.33. The zero-order valence-corrected chi connectivity index (χ0v) is 10.0. The molecular formula is C10H6F3IN2. The standard InChI is InChI=1S/C10H6F3IN2/c11-10(12,13)8-1-6(2-9(14)3-8)7-4-15-16-5-7/h1-5H,(H,15,16). The van der Waals surface area contributed by atoms with Crippen molar-refractivity contribution in [2.24, 2.45) is 0 Å². The maximum Gasteiger partial charge on any atom is 0.416 e. The van der Waals surface area contributed by atoms with E-state index in [0.29, 0.717) is 14.7 Å². The van der Waals surface area contributed by atoms with Gasteiger partial charge in [0.2, 0.25) is 0 Å². The van der Waals surface area contributed by atoms with Crippen LogP contribution in [0.4, 0.5) is 13.2 Å². The molecule has 0 atom stereocenters. The Bertz CT molecular complexity index is 491. The van der Waals surface area contributed by atoms with Gasteiger partial charge in [-0.1, -0.05) is 0 Å². The molecule has 1 aromatic carbocycles. The number of nitrogens with zero attached hydrogens (tertiary/aromatic N) is 1. The zero-order chi connectivity index (χ0) is 11.8. The number of aromatic amines is 1. The van der Waals surface area contributed by atoms with Gasteiger partial charge in [-0.15, -0.1) is 0 Å². The second-order valence-electron chi connectivity index (χ2n) is 3.21. The normalized spacial score (nSPS) is 11.8. The van der Waals surface area contributed by atoms with Gasteiger partial charge in [0.25, 0.3) is 0 Å². The Hall–Kier alpha value is -1.05. The van der Waals surface area contributed by atoms with Crippen molar-refractivity contribution in [2.75, 3.05) is 0 Å². The highest BCUT2D eigenvalue weighted by molar-refractivity contribution is 14.1. The van der Waals surface area contributed by atoms with Crippen LogP contribution in [-0.2, 0) is 6.18 Å². The van der Waals surface area contributed by atoms with Gasteiger partial charge in [0, 0.05) is 15.3 Å². The molecule has 2 nitrogen and oxygen atoms in total. The van der Waals surface area contributed by atoms with E-state index in [-0.39, 0.29) is 0 Å². The molecule has 1 N–H and O–H groups in total. The van der Waals surface area contributed by atoms with Gasteiger partial charge in [-0.05, 0) is 46.4 Å². The monoisotopic (exact) mass is 338 g/mol. The Labute approximate surface area is 103 Å². The third-order valence-electron chi connectivity index (χ3n) is 2.06. The predicted octanol–water partition coefficient (Wildman–Crippen LogP) is 3.70. The lowest BCUT2D eigenvalue weighted by molar-refractivity contribution is -0.137. The Morgan fingerprint density at radius 2 is 1.88 bits per heavy atom. The number of alkyl halides is 3. The van der Waals surface area contributed by atoms with Crippen molar-refractivity contribution in [1.29, 1.82) is 0 Å². The molecule has 0 aliphatic carbocycles. The van der Waals surface area contributed by atoms with Crippen molar-refractivity contribution in [1.82, 2.24) is 10.2 Å². The summed E-state index contributed by atoms with van der Waals surface area (Å²) in [5, 5.41) is 6.28. The Morgan fingerprint density at radius 1 is 1.12 bits per heavy atom. The molecule has 0 spiro atoms. The molecular weight excluding hydrogens is 332 g/mol. The summed E-state index contributed by atoms with van der Waals surface area (Å²) in [4.78, 5) is 0. The lowest BCUT2D eigenvalue weighted by Gasteiger charge is -2.09. The summed E-state index contributed by atoms with van der Waals surface area (Å²) >= 11 is 1.87. The topological polar surface area (TPSA) is 28.7 Å². The Morgan fingerprint density at radius 3 is 2.44 bits per heavy atom. The average Bonchev–Trinajstić information content (AvgIpc) is 2.68. The second-order valence-corrected chi connectivity index (χ2v) is 4.46. The molecule has 0 fully saturated rings. The second kappa shape index (κ2) is 4.08. The van der Waals surface area contributed by atoms with Crippen molar-refractivity contribution < 1.29 is 13.2 Å². The molecule has 84 valence electrons. The van der Waals surface area contributed by atoms with E-state index in [1.54, 1.807) is 12.3 Å². The fourth-order valence-corrected chi connectivity index (χ4v) is 2.00. The van der Waals surface area contributed by atoms with E-state index < -0.39 is 11.7 Å². The molecule has 2 rings (SSSR count). The number of rotatable bonds is 1. The Balaban J connectivity index is 2.53. The quantitative estimate of drug-likeness (QED) is 0.790. The number of hydrogen-bond donors (Lipinski definition) is 1. The smallest absolute Gasteiger partial charge is 0.285 e. The minimum atomic E-state index is -4.32. The summed E-state index contributed by atoms with van der Waals surface area (Å²) in [7, 11) is 0. The highest BCUT2D eigenvalue weighted by atomic mass is 127. The van der Waals surface area contributed by atoms with Crippen molar-refractivity contribution in [3.8, 4) is 11.1 Å². The average molecular weight is 338 g/mol. The minimum Gasteiger partial charge on any atom is -0.285 e. The summed E-state index contributed by atoms with van der Waals surface area (Å²) < 4.78 is 38.2. The van der Waals surface area contributed by atoms with Crippen molar-refractivity contribution in [3.63, 3.8) is 0 Å². The van der Waals surface area contributed by atoms with Crippen LogP contribution in [0, 0.1) is 3.57 Å². The van der Waals surface area contributed by atoms with Gasteiger partial charge in [-0.3, -0.25) is 5.10 Å². The first kappa shape index (κ1) is 11.4. The molecule has 0 saturated carbocycles. The molecule has 16 heavy (non-hydrogen) atoms. The van der Waals surface area contributed by atoms with E-state index in [1.807, 2.05) is 22.6 Å². The van der Waals surface area contributed by atoms with Gasteiger partial charge in [0.15, 0.2) is 0 Å². The Kier molecular flexibility index (Phi) is 2.92. The van der Waals surface area contributed by atoms with Crippen molar-refractivity contribution in [3.05, 3.63) is 39.7 Å². The maximum absolute atomic E-state index is 12.6. The summed E-state index contributed by atoms with van der Waals surface area (Å²) in [6.45, 7) is 0. The highest BCUT2D eigenvalue weighted by Crippen LogP contribution is 2.33. The van der Waals surface area contributed by atoms with Gasteiger partial charge in [-0.2, -0.15) is 18.3 Å². The highest BCUT2D eigenvalue weighted by Gasteiger charge is 2.31. The predicted molar refractivity (Wildman–Crippen MR) is 61.7 cm³/mol. The number of benzene rings is 1. The van der Waals surface area contributed by atoms with Gasteiger partial charge >= 0.3 is 6.18 Å². The van der Waals surface area contributed by atoms with Crippen LogP contribution in [0.3, 0.4) is 0 Å². The van der Waals surface area contributed by atoms with E-state index >= 15 is 0 Å². The van der Waals surface area contributed by atoms with E-state index in [4.69, 9.17) is 0 Å². The zero-order valence-electron chi connectivity index (χ0n) is 7.85. The number of hydrogen-bond acceptors (Lipinski definition) is 1. The lowest BCUT2D eigenvalue weighted by atomic mass is 10.1. The molecule has 0 aliphatic rings. The number of H-pyrrole nitrogens is 1. The van der Waals surface area contributed by atoms with Crippen LogP contribution in [0.15, 0.2) is 30.6 Å². The maximum atomic E-state index is 12.6. The number of aromatic nitrogens is 2. The van der Waals surface area contributed by atoms with Crippen molar-refractivity contribution in [2.45, 2.75) is 6.18 Å². The molecule has 0 unspecified atom stereocenters. The summed E-state index contributed by atoms with van der Waals surface area (Å²) in [6, 6.07) is 3.91. The van der Waals surface area contributed by atoms with E-state index in [9.17, 15) is 13.2 Å². The largest absolute Gasteiger partial charge is 0.416 e. The molecule has 0 bridgehead atoms. The number of nitrogens with one attached hydrogen (secondary N) is 1. The van der Waals surface area contributed by atoms with Crippen LogP contribution in [-0.4, -0.2) is 10.2 Å². The van der Waals surface area contributed by atoms with Crippen LogP contribution in [0.25, 0.3) is 11.1 Å². The molecule has 0 aliphatic heterocycles. The van der Waals surface area contributed by atoms with Crippen molar-refractivity contribution >= 4 is 22.6 Å². The van der Waals surface area contributed by atoms with Crippen LogP contribution in [0.1, 0.15) is 5.56 Å². The third kappa shape index (κ3) is 2.37. The minimum absolute atomic E-state index is 0.507. The van der Waals surface area contributed by atoms with Crippen LogP contribution in [0.5, 0.6) is 0 Å². The van der Waals surface area contributed by atoms with E-state index in [2.05, 4.69) is 10.2 Å². The van der Waals surface area contributed by atoms with Gasteiger partial charge in [0.1, 0.15) is 0 Å². The molecule has 0 radical (unpaired) electrons. The molecule has 0 saturated heterocycles. The van der Waals surface area contributed by atoms with Crippen LogP contribution >= 0.6 is 22.6 Å². The molecule has 2 aromatic rings. The van der Waals surface area contributed by atoms with E-state index in [1.165, 1.54) is 6.20 Å². The third-order valence-corrected chi connectivity index (χ3v) is 2.68. The van der Waals surface area contributed by atoms with Crippen LogP contribution in [0.2, 0.25) is 0 Å². The first-order chi connectivity index (χ1) is 7.47. The number of halogens is 4. The molecule has 0 amide bonds. The molecule has 1 aromatic heterocycles. The summed E-state index contributed by atoms with van der Waals surface area (Å²) in [5.74, 6) is 0. The summed E-state index contributed by atoms with van der Waals surface area (Å²) in [6.07, 6.45) is -1.27. The van der Waals surface area contributed by atoms with Gasteiger partial charge in [-0.25, -0.2) is 0 Å². The van der Waals surface area contributed by atoms with Gasteiger partial charge < -0.3 is 0 Å². The summed E-state index contributed by atoms with van der Waals surface area (Å²) in [5.41, 5.74) is 0.507. The first-order valence-electron chi connectivity index (χ1n) is 4.34. The SMILES string of the molecule is FC(F)(F)c1cc(I)cc(-c2cn[nH]c2)c1.